The van der Waals surface area contributed by atoms with Crippen molar-refractivity contribution in [3.8, 4) is 0 Å². The molecule has 0 bridgehead atoms. The van der Waals surface area contributed by atoms with Crippen LogP contribution in [-0.4, -0.2) is 30.9 Å². The molecule has 0 saturated heterocycles. The standard InChI is InChI=1S/C19H22N2O5/c1-13(17-4-3-11-25-17)21-18(23)12-26-19(24)16-7-5-15(6-8-16)9-10-20-14(2)22/h3-8,11,13H,9-10,12H2,1-2H3,(H,20,22)(H,21,23)/t13-/m0/s1. The van der Waals surface area contributed by atoms with Gasteiger partial charge in [-0.1, -0.05) is 12.1 Å². The molecule has 1 aromatic carbocycles. The van der Waals surface area contributed by atoms with E-state index in [2.05, 4.69) is 10.6 Å². The number of hydrogen-bond donors (Lipinski definition) is 2. The number of esters is 1. The first-order valence-corrected chi connectivity index (χ1v) is 8.29. The second-order valence-corrected chi connectivity index (χ2v) is 5.81. The summed E-state index contributed by atoms with van der Waals surface area (Å²) in [5.41, 5.74) is 1.35. The molecule has 1 heterocycles. The smallest absolute Gasteiger partial charge is 0.338 e. The minimum Gasteiger partial charge on any atom is -0.467 e. The highest BCUT2D eigenvalue weighted by atomic mass is 16.5. The van der Waals surface area contributed by atoms with Gasteiger partial charge in [-0.15, -0.1) is 0 Å². The molecule has 0 unspecified atom stereocenters. The van der Waals surface area contributed by atoms with Crippen molar-refractivity contribution in [2.75, 3.05) is 13.2 Å². The summed E-state index contributed by atoms with van der Waals surface area (Å²) in [4.78, 5) is 34.7. The summed E-state index contributed by atoms with van der Waals surface area (Å²) >= 11 is 0. The normalized spacial score (nSPS) is 11.5. The molecule has 0 spiro atoms. The molecule has 0 fully saturated rings. The molecular weight excluding hydrogens is 336 g/mol. The van der Waals surface area contributed by atoms with Crippen LogP contribution in [0.5, 0.6) is 0 Å². The zero-order chi connectivity index (χ0) is 18.9. The Kier molecular flexibility index (Phi) is 6.96. The fraction of sp³-hybridized carbons (Fsp3) is 0.316. The monoisotopic (exact) mass is 358 g/mol. The molecule has 0 aliphatic heterocycles. The van der Waals surface area contributed by atoms with E-state index >= 15 is 0 Å². The molecular formula is C19H22N2O5. The highest BCUT2D eigenvalue weighted by molar-refractivity contribution is 5.91. The Morgan fingerprint density at radius 3 is 2.50 bits per heavy atom. The van der Waals surface area contributed by atoms with Gasteiger partial charge in [-0.3, -0.25) is 9.59 Å². The van der Waals surface area contributed by atoms with Gasteiger partial charge in [-0.05, 0) is 43.2 Å². The Balaban J connectivity index is 1.76. The lowest BCUT2D eigenvalue weighted by molar-refractivity contribution is -0.125. The Morgan fingerprint density at radius 1 is 1.15 bits per heavy atom. The second kappa shape index (κ2) is 9.41. The summed E-state index contributed by atoms with van der Waals surface area (Å²) in [6, 6.07) is 10.0. The molecule has 2 aromatic rings. The summed E-state index contributed by atoms with van der Waals surface area (Å²) in [7, 11) is 0. The molecule has 1 aromatic heterocycles. The first-order chi connectivity index (χ1) is 12.5. The Bertz CT molecular complexity index is 738. The second-order valence-electron chi connectivity index (χ2n) is 5.81. The van der Waals surface area contributed by atoms with Gasteiger partial charge in [-0.2, -0.15) is 0 Å². The summed E-state index contributed by atoms with van der Waals surface area (Å²) in [6.45, 7) is 3.41. The molecule has 7 heteroatoms. The van der Waals surface area contributed by atoms with Crippen LogP contribution in [-0.2, 0) is 20.7 Å². The molecule has 138 valence electrons. The van der Waals surface area contributed by atoms with Crippen molar-refractivity contribution in [2.24, 2.45) is 0 Å². The molecule has 0 aliphatic carbocycles. The average molecular weight is 358 g/mol. The molecule has 0 radical (unpaired) electrons. The van der Waals surface area contributed by atoms with Crippen LogP contribution in [0.1, 0.15) is 41.6 Å². The quantitative estimate of drug-likeness (QED) is 0.704. The van der Waals surface area contributed by atoms with Gasteiger partial charge in [-0.25, -0.2) is 4.79 Å². The number of furan rings is 1. The SMILES string of the molecule is CC(=O)NCCc1ccc(C(=O)OCC(=O)N[C@@H](C)c2ccco2)cc1. The van der Waals surface area contributed by atoms with Crippen molar-refractivity contribution in [3.05, 3.63) is 59.5 Å². The molecule has 7 nitrogen and oxygen atoms in total. The van der Waals surface area contributed by atoms with E-state index in [0.717, 1.165) is 5.56 Å². The maximum atomic E-state index is 12.0. The summed E-state index contributed by atoms with van der Waals surface area (Å²) in [5, 5.41) is 5.39. The maximum absolute atomic E-state index is 12.0. The van der Waals surface area contributed by atoms with Crippen LogP contribution in [0.3, 0.4) is 0 Å². The number of benzene rings is 1. The van der Waals surface area contributed by atoms with E-state index in [1.54, 1.807) is 43.3 Å². The number of nitrogens with one attached hydrogen (secondary N) is 2. The lowest BCUT2D eigenvalue weighted by atomic mass is 10.1. The topological polar surface area (TPSA) is 97.6 Å². The minimum atomic E-state index is -0.570. The Hall–Kier alpha value is -3.09. The third kappa shape index (κ3) is 6.08. The van der Waals surface area contributed by atoms with E-state index < -0.39 is 11.9 Å². The number of rotatable bonds is 8. The van der Waals surface area contributed by atoms with Gasteiger partial charge in [0.15, 0.2) is 6.61 Å². The van der Waals surface area contributed by atoms with Gasteiger partial charge in [0.25, 0.3) is 5.91 Å². The number of hydrogen-bond acceptors (Lipinski definition) is 5. The molecule has 2 N–H and O–H groups in total. The van der Waals surface area contributed by atoms with E-state index in [1.807, 2.05) is 0 Å². The van der Waals surface area contributed by atoms with Gasteiger partial charge in [0.05, 0.1) is 17.9 Å². The highest BCUT2D eigenvalue weighted by Crippen LogP contribution is 2.12. The van der Waals surface area contributed by atoms with Crippen LogP contribution in [0, 0.1) is 0 Å². The fourth-order valence-corrected chi connectivity index (χ4v) is 2.30. The third-order valence-corrected chi connectivity index (χ3v) is 3.66. The van der Waals surface area contributed by atoms with Crippen molar-refractivity contribution >= 4 is 17.8 Å². The third-order valence-electron chi connectivity index (χ3n) is 3.66. The molecule has 2 rings (SSSR count). The van der Waals surface area contributed by atoms with Gasteiger partial charge in [0.2, 0.25) is 5.91 Å². The minimum absolute atomic E-state index is 0.0789. The molecule has 0 aliphatic rings. The average Bonchev–Trinajstić information content (AvgIpc) is 3.15. The van der Waals surface area contributed by atoms with E-state index in [0.29, 0.717) is 24.3 Å². The predicted molar refractivity (Wildman–Crippen MR) is 94.4 cm³/mol. The number of carbonyl (C=O) groups excluding carboxylic acids is 3. The fourth-order valence-electron chi connectivity index (χ4n) is 2.30. The van der Waals surface area contributed by atoms with Gasteiger partial charge >= 0.3 is 5.97 Å². The van der Waals surface area contributed by atoms with E-state index in [-0.39, 0.29) is 18.6 Å². The lowest BCUT2D eigenvalue weighted by Gasteiger charge is -2.11. The Morgan fingerprint density at radius 2 is 1.88 bits per heavy atom. The van der Waals surface area contributed by atoms with Crippen molar-refractivity contribution in [3.63, 3.8) is 0 Å². The van der Waals surface area contributed by atoms with Crippen LogP contribution in [0.4, 0.5) is 0 Å². The van der Waals surface area contributed by atoms with E-state index in [1.165, 1.54) is 13.2 Å². The largest absolute Gasteiger partial charge is 0.467 e. The molecule has 26 heavy (non-hydrogen) atoms. The van der Waals surface area contributed by atoms with Crippen LogP contribution in [0.15, 0.2) is 47.1 Å². The summed E-state index contributed by atoms with van der Waals surface area (Å²) in [6.07, 6.45) is 2.19. The molecule has 1 atom stereocenters. The van der Waals surface area contributed by atoms with Crippen LogP contribution in [0.2, 0.25) is 0 Å². The van der Waals surface area contributed by atoms with Gasteiger partial charge in [0, 0.05) is 13.5 Å². The summed E-state index contributed by atoms with van der Waals surface area (Å²) in [5.74, 6) is -0.433. The number of carbonyl (C=O) groups is 3. The first kappa shape index (κ1) is 19.2. The van der Waals surface area contributed by atoms with Crippen LogP contribution in [0.25, 0.3) is 0 Å². The van der Waals surface area contributed by atoms with Crippen molar-refractivity contribution in [1.29, 1.82) is 0 Å². The lowest BCUT2D eigenvalue weighted by Crippen LogP contribution is -2.31. The maximum Gasteiger partial charge on any atom is 0.338 e. The summed E-state index contributed by atoms with van der Waals surface area (Å²) < 4.78 is 10.2. The zero-order valence-electron chi connectivity index (χ0n) is 14.8. The van der Waals surface area contributed by atoms with Crippen LogP contribution < -0.4 is 10.6 Å². The van der Waals surface area contributed by atoms with Crippen molar-refractivity contribution in [1.82, 2.24) is 10.6 Å². The zero-order valence-corrected chi connectivity index (χ0v) is 14.8. The number of amides is 2. The van der Waals surface area contributed by atoms with E-state index in [9.17, 15) is 14.4 Å². The Labute approximate surface area is 151 Å². The van der Waals surface area contributed by atoms with E-state index in [4.69, 9.17) is 9.15 Å². The van der Waals surface area contributed by atoms with Crippen molar-refractivity contribution < 1.29 is 23.5 Å². The number of ether oxygens (including phenoxy) is 1. The van der Waals surface area contributed by atoms with Gasteiger partial charge in [0.1, 0.15) is 5.76 Å². The predicted octanol–water partition coefficient (Wildman–Crippen LogP) is 1.99. The van der Waals surface area contributed by atoms with Crippen molar-refractivity contribution in [2.45, 2.75) is 26.3 Å². The van der Waals surface area contributed by atoms with Crippen LogP contribution >= 0.6 is 0 Å². The first-order valence-electron chi connectivity index (χ1n) is 8.29. The molecule has 0 saturated carbocycles. The van der Waals surface area contributed by atoms with Gasteiger partial charge < -0.3 is 19.8 Å². The molecule has 2 amide bonds. The highest BCUT2D eigenvalue weighted by Gasteiger charge is 2.14.